The molecule has 0 aliphatic heterocycles. The van der Waals surface area contributed by atoms with Crippen LogP contribution in [0.25, 0.3) is 11.1 Å². The smallest absolute Gasteiger partial charge is 0.267 e. The number of benzene rings is 2. The van der Waals surface area contributed by atoms with Crippen molar-refractivity contribution < 1.29 is 22.3 Å². The van der Waals surface area contributed by atoms with Crippen molar-refractivity contribution in [3.05, 3.63) is 81.7 Å². The third kappa shape index (κ3) is 6.66. The molecule has 0 bridgehead atoms. The fourth-order valence-corrected chi connectivity index (χ4v) is 4.06. The predicted molar refractivity (Wildman–Crippen MR) is 127 cm³/mol. The number of nitrogens with one attached hydrogen (secondary N) is 1. The molecule has 1 heterocycles. The van der Waals surface area contributed by atoms with E-state index in [-0.39, 0.29) is 27.6 Å². The fraction of sp³-hybridized carbons (Fsp3) is 0.217. The highest BCUT2D eigenvalue weighted by Crippen LogP contribution is 2.34. The van der Waals surface area contributed by atoms with Gasteiger partial charge in [-0.1, -0.05) is 60.5 Å². The van der Waals surface area contributed by atoms with Crippen LogP contribution in [0.15, 0.2) is 54.7 Å². The summed E-state index contributed by atoms with van der Waals surface area (Å²) in [4.78, 5) is 16.3. The highest BCUT2D eigenvalue weighted by Gasteiger charge is 2.20. The Morgan fingerprint density at radius 2 is 1.85 bits per heavy atom. The molecular formula is C23H21Cl2FN2O4S. The normalized spacial score (nSPS) is 12.3. The number of sulfonamides is 1. The van der Waals surface area contributed by atoms with Crippen molar-refractivity contribution in [2.24, 2.45) is 0 Å². The number of carbonyl (C=O) groups is 1. The van der Waals surface area contributed by atoms with Crippen LogP contribution < -0.4 is 9.46 Å². The molecule has 0 fully saturated rings. The van der Waals surface area contributed by atoms with Crippen LogP contribution in [0.2, 0.25) is 10.0 Å². The van der Waals surface area contributed by atoms with Crippen molar-refractivity contribution in [2.45, 2.75) is 25.9 Å². The largest absolute Gasteiger partial charge is 0.473 e. The van der Waals surface area contributed by atoms with Gasteiger partial charge in [0, 0.05) is 28.8 Å². The van der Waals surface area contributed by atoms with Crippen molar-refractivity contribution in [1.82, 2.24) is 9.71 Å². The van der Waals surface area contributed by atoms with Gasteiger partial charge in [0.15, 0.2) is 0 Å². The van der Waals surface area contributed by atoms with E-state index in [0.29, 0.717) is 12.0 Å². The minimum atomic E-state index is -3.86. The first kappa shape index (κ1) is 25.0. The zero-order valence-corrected chi connectivity index (χ0v) is 20.1. The van der Waals surface area contributed by atoms with Gasteiger partial charge in [0.2, 0.25) is 15.9 Å². The first-order chi connectivity index (χ1) is 15.6. The second-order valence-corrected chi connectivity index (χ2v) is 9.93. The SMILES string of the molecule is CC[C@@H](Cc1ccccc1)Oc1ncc(-c2cc(F)c(C(=O)NS(C)(=O)=O)cc2Cl)cc1Cl. The number of rotatable bonds is 8. The number of pyridine rings is 1. The summed E-state index contributed by atoms with van der Waals surface area (Å²) in [6.45, 7) is 2.00. The Hall–Kier alpha value is -2.68. The van der Waals surface area contributed by atoms with E-state index in [2.05, 4.69) is 4.98 Å². The molecule has 0 saturated heterocycles. The Morgan fingerprint density at radius 3 is 2.45 bits per heavy atom. The number of hydrogen-bond donors (Lipinski definition) is 1. The molecule has 0 aliphatic carbocycles. The average Bonchev–Trinajstić information content (AvgIpc) is 2.75. The van der Waals surface area contributed by atoms with Crippen LogP contribution in [-0.4, -0.2) is 31.7 Å². The molecule has 0 saturated carbocycles. The van der Waals surface area contributed by atoms with E-state index in [1.54, 1.807) is 4.72 Å². The number of amides is 1. The molecule has 0 unspecified atom stereocenters. The molecule has 0 spiro atoms. The van der Waals surface area contributed by atoms with Crippen molar-refractivity contribution in [3.8, 4) is 17.0 Å². The summed E-state index contributed by atoms with van der Waals surface area (Å²) in [5.74, 6) is -1.82. The van der Waals surface area contributed by atoms with Crippen LogP contribution in [0.5, 0.6) is 5.88 Å². The third-order valence-electron chi connectivity index (χ3n) is 4.74. The summed E-state index contributed by atoms with van der Waals surface area (Å²) in [6.07, 6.45) is 3.51. The van der Waals surface area contributed by atoms with Gasteiger partial charge in [0.25, 0.3) is 5.91 Å². The lowest BCUT2D eigenvalue weighted by Crippen LogP contribution is -2.30. The average molecular weight is 511 g/mol. The maximum Gasteiger partial charge on any atom is 0.267 e. The quantitative estimate of drug-likeness (QED) is 0.445. The van der Waals surface area contributed by atoms with Crippen LogP contribution in [0.4, 0.5) is 4.39 Å². The van der Waals surface area contributed by atoms with Gasteiger partial charge in [-0.05, 0) is 30.2 Å². The van der Waals surface area contributed by atoms with Gasteiger partial charge in [-0.3, -0.25) is 4.79 Å². The molecule has 0 radical (unpaired) electrons. The Kier molecular flexibility index (Phi) is 7.94. The molecule has 3 rings (SSSR count). The number of halogens is 3. The number of hydrogen-bond acceptors (Lipinski definition) is 5. The van der Waals surface area contributed by atoms with E-state index >= 15 is 0 Å². The van der Waals surface area contributed by atoms with Crippen LogP contribution in [-0.2, 0) is 16.4 Å². The Balaban J connectivity index is 1.83. The third-order valence-corrected chi connectivity index (χ3v) is 5.88. The van der Waals surface area contributed by atoms with Crippen molar-refractivity contribution in [1.29, 1.82) is 0 Å². The molecule has 1 N–H and O–H groups in total. The van der Waals surface area contributed by atoms with Crippen molar-refractivity contribution in [3.63, 3.8) is 0 Å². The summed E-state index contributed by atoms with van der Waals surface area (Å²) in [5.41, 5.74) is 1.27. The Labute approximate surface area is 201 Å². The summed E-state index contributed by atoms with van der Waals surface area (Å²) in [7, 11) is -3.86. The Bertz CT molecular complexity index is 1270. The standard InChI is InChI=1S/C23H21Cl2FN2O4S/c1-3-16(9-14-7-5-4-6-8-14)32-23-20(25)10-15(13-27-23)17-12-21(26)18(11-19(17)24)22(29)28-33(2,30)31/h4-8,10-13,16H,3,9H2,1-2H3,(H,28,29)/t16-/m0/s1. The van der Waals surface area contributed by atoms with Gasteiger partial charge in [0.05, 0.1) is 11.8 Å². The first-order valence-corrected chi connectivity index (χ1v) is 12.6. The predicted octanol–water partition coefficient (Wildman–Crippen LogP) is 5.28. The van der Waals surface area contributed by atoms with E-state index in [9.17, 15) is 17.6 Å². The molecule has 2 aromatic carbocycles. The second-order valence-electron chi connectivity index (χ2n) is 7.36. The van der Waals surface area contributed by atoms with Gasteiger partial charge in [-0.25, -0.2) is 22.5 Å². The lowest BCUT2D eigenvalue weighted by Gasteiger charge is -2.18. The minimum absolute atomic E-state index is 0.0251. The van der Waals surface area contributed by atoms with Gasteiger partial charge in [0.1, 0.15) is 16.9 Å². The van der Waals surface area contributed by atoms with E-state index in [4.69, 9.17) is 27.9 Å². The summed E-state index contributed by atoms with van der Waals surface area (Å²) in [6, 6.07) is 13.5. The van der Waals surface area contributed by atoms with E-state index < -0.39 is 27.3 Å². The number of aromatic nitrogens is 1. The highest BCUT2D eigenvalue weighted by molar-refractivity contribution is 7.89. The topological polar surface area (TPSA) is 85.4 Å². The molecular weight excluding hydrogens is 490 g/mol. The number of nitrogens with zero attached hydrogens (tertiary/aromatic N) is 1. The maximum absolute atomic E-state index is 14.6. The van der Waals surface area contributed by atoms with E-state index in [1.807, 2.05) is 37.3 Å². The van der Waals surface area contributed by atoms with Gasteiger partial charge in [-0.2, -0.15) is 0 Å². The first-order valence-electron chi connectivity index (χ1n) is 9.95. The van der Waals surface area contributed by atoms with Crippen molar-refractivity contribution >= 4 is 39.1 Å². The summed E-state index contributed by atoms with van der Waals surface area (Å²) in [5, 5.41) is 0.242. The highest BCUT2D eigenvalue weighted by atomic mass is 35.5. The molecule has 174 valence electrons. The van der Waals surface area contributed by atoms with Crippen LogP contribution in [0.3, 0.4) is 0 Å². The molecule has 6 nitrogen and oxygen atoms in total. The van der Waals surface area contributed by atoms with E-state index in [0.717, 1.165) is 30.4 Å². The van der Waals surface area contributed by atoms with E-state index in [1.165, 1.54) is 12.3 Å². The molecule has 1 amide bonds. The Morgan fingerprint density at radius 1 is 1.15 bits per heavy atom. The van der Waals surface area contributed by atoms with Crippen LogP contribution in [0, 0.1) is 5.82 Å². The number of carbonyl (C=O) groups excluding carboxylic acids is 1. The molecule has 1 aromatic heterocycles. The molecule has 10 heteroatoms. The molecule has 33 heavy (non-hydrogen) atoms. The molecule has 0 aliphatic rings. The van der Waals surface area contributed by atoms with Crippen LogP contribution in [0.1, 0.15) is 29.3 Å². The lowest BCUT2D eigenvalue weighted by molar-refractivity contribution is 0.0978. The monoisotopic (exact) mass is 510 g/mol. The molecule has 1 atom stereocenters. The fourth-order valence-electron chi connectivity index (χ4n) is 3.13. The van der Waals surface area contributed by atoms with Gasteiger partial charge < -0.3 is 4.74 Å². The van der Waals surface area contributed by atoms with Crippen LogP contribution >= 0.6 is 23.2 Å². The summed E-state index contributed by atoms with van der Waals surface area (Å²) >= 11 is 12.6. The molecule has 3 aromatic rings. The van der Waals surface area contributed by atoms with Crippen molar-refractivity contribution in [2.75, 3.05) is 6.26 Å². The number of ether oxygens (including phenoxy) is 1. The zero-order chi connectivity index (χ0) is 24.2. The van der Waals surface area contributed by atoms with Gasteiger partial charge >= 0.3 is 0 Å². The maximum atomic E-state index is 14.6. The zero-order valence-electron chi connectivity index (χ0n) is 17.8. The second kappa shape index (κ2) is 10.5. The van der Waals surface area contributed by atoms with Gasteiger partial charge in [-0.15, -0.1) is 0 Å². The minimum Gasteiger partial charge on any atom is -0.473 e. The summed E-state index contributed by atoms with van der Waals surface area (Å²) < 4.78 is 44.7. The lowest BCUT2D eigenvalue weighted by atomic mass is 10.0.